The average molecular weight is 287 g/mol. The van der Waals surface area contributed by atoms with E-state index in [4.69, 9.17) is 5.73 Å². The van der Waals surface area contributed by atoms with Gasteiger partial charge in [-0.25, -0.2) is 9.37 Å². The first kappa shape index (κ1) is 10.6. The van der Waals surface area contributed by atoms with E-state index in [2.05, 4.69) is 20.9 Å². The van der Waals surface area contributed by atoms with Crippen molar-refractivity contribution < 1.29 is 4.39 Å². The Morgan fingerprint density at radius 1 is 1.40 bits per heavy atom. The van der Waals surface area contributed by atoms with Crippen molar-refractivity contribution in [2.45, 2.75) is 6.42 Å². The van der Waals surface area contributed by atoms with Gasteiger partial charge in [0.15, 0.2) is 5.13 Å². The molecule has 15 heavy (non-hydrogen) atoms. The number of hydrogen-bond acceptors (Lipinski definition) is 3. The van der Waals surface area contributed by atoms with E-state index in [0.717, 1.165) is 14.9 Å². The van der Waals surface area contributed by atoms with Gasteiger partial charge in [-0.05, 0) is 23.8 Å². The molecule has 0 spiro atoms. The fraction of sp³-hybridized carbons (Fsp3) is 0.100. The zero-order chi connectivity index (χ0) is 10.8. The van der Waals surface area contributed by atoms with Crippen molar-refractivity contribution in [3.8, 4) is 0 Å². The summed E-state index contributed by atoms with van der Waals surface area (Å²) >= 11 is 4.68. The molecule has 2 rings (SSSR count). The third-order valence-corrected chi connectivity index (χ3v) is 3.16. The van der Waals surface area contributed by atoms with Crippen LogP contribution < -0.4 is 5.73 Å². The van der Waals surface area contributed by atoms with Crippen LogP contribution >= 0.6 is 27.3 Å². The lowest BCUT2D eigenvalue weighted by molar-refractivity contribution is 0.625. The summed E-state index contributed by atoms with van der Waals surface area (Å²) in [5.74, 6) is -0.239. The van der Waals surface area contributed by atoms with Crippen molar-refractivity contribution in [3.63, 3.8) is 0 Å². The molecule has 2 N–H and O–H groups in total. The first-order chi connectivity index (χ1) is 7.13. The number of nitrogens with two attached hydrogens (primary N) is 1. The van der Waals surface area contributed by atoms with Crippen LogP contribution in [-0.4, -0.2) is 4.98 Å². The van der Waals surface area contributed by atoms with Crippen molar-refractivity contribution in [1.82, 2.24) is 4.98 Å². The maximum atomic E-state index is 13.1. The number of thiazole rings is 1. The van der Waals surface area contributed by atoms with Gasteiger partial charge in [0.2, 0.25) is 0 Å². The van der Waals surface area contributed by atoms with Crippen molar-refractivity contribution in [2.75, 3.05) is 5.73 Å². The molecule has 1 aromatic heterocycles. The summed E-state index contributed by atoms with van der Waals surface area (Å²) in [5, 5.41) is 0.542. The molecule has 0 fully saturated rings. The van der Waals surface area contributed by atoms with Gasteiger partial charge < -0.3 is 5.73 Å². The first-order valence-corrected chi connectivity index (χ1v) is 5.89. The molecule has 0 atom stereocenters. The standard InChI is InChI=1S/C10H8BrFN2S/c11-7-1-6(2-8(12)4-7)3-9-5-14-10(13)15-9/h1-2,4-5H,3H2,(H2,13,14). The highest BCUT2D eigenvalue weighted by molar-refractivity contribution is 9.10. The molecule has 1 aromatic carbocycles. The zero-order valence-corrected chi connectivity index (χ0v) is 10.1. The third kappa shape index (κ3) is 2.76. The van der Waals surface area contributed by atoms with Crippen LogP contribution in [0, 0.1) is 5.82 Å². The summed E-state index contributed by atoms with van der Waals surface area (Å²) < 4.78 is 13.8. The third-order valence-electron chi connectivity index (χ3n) is 1.87. The second-order valence-corrected chi connectivity index (χ2v) is 5.18. The van der Waals surface area contributed by atoms with E-state index in [1.165, 1.54) is 23.5 Å². The van der Waals surface area contributed by atoms with E-state index in [1.807, 2.05) is 6.07 Å². The molecule has 2 aromatic rings. The lowest BCUT2D eigenvalue weighted by Crippen LogP contribution is -1.86. The van der Waals surface area contributed by atoms with E-state index in [1.54, 1.807) is 6.20 Å². The minimum absolute atomic E-state index is 0.239. The van der Waals surface area contributed by atoms with Crippen LogP contribution in [0.1, 0.15) is 10.4 Å². The Hall–Kier alpha value is -0.940. The largest absolute Gasteiger partial charge is 0.375 e. The molecule has 5 heteroatoms. The van der Waals surface area contributed by atoms with Gasteiger partial charge in [-0.3, -0.25) is 0 Å². The zero-order valence-electron chi connectivity index (χ0n) is 7.71. The predicted octanol–water partition coefficient (Wildman–Crippen LogP) is 3.22. The Morgan fingerprint density at radius 2 is 2.20 bits per heavy atom. The average Bonchev–Trinajstić information content (AvgIpc) is 2.49. The van der Waals surface area contributed by atoms with Crippen LogP contribution in [0.15, 0.2) is 28.9 Å². The van der Waals surface area contributed by atoms with Gasteiger partial charge in [0.25, 0.3) is 0 Å². The Morgan fingerprint density at radius 3 is 2.80 bits per heavy atom. The molecule has 0 amide bonds. The van der Waals surface area contributed by atoms with Crippen LogP contribution in [0.5, 0.6) is 0 Å². The lowest BCUT2D eigenvalue weighted by Gasteiger charge is -2.00. The van der Waals surface area contributed by atoms with Gasteiger partial charge in [0.1, 0.15) is 5.82 Å². The number of nitrogens with zero attached hydrogens (tertiary/aromatic N) is 1. The second kappa shape index (κ2) is 4.28. The lowest BCUT2D eigenvalue weighted by atomic mass is 10.1. The fourth-order valence-corrected chi connectivity index (χ4v) is 2.55. The number of rotatable bonds is 2. The van der Waals surface area contributed by atoms with Crippen LogP contribution in [0.3, 0.4) is 0 Å². The minimum Gasteiger partial charge on any atom is -0.375 e. The van der Waals surface area contributed by atoms with E-state index < -0.39 is 0 Å². The topological polar surface area (TPSA) is 38.9 Å². The molecular formula is C10H8BrFN2S. The molecule has 0 aliphatic heterocycles. The van der Waals surface area contributed by atoms with Crippen LogP contribution in [-0.2, 0) is 6.42 Å². The quantitative estimate of drug-likeness (QED) is 0.921. The Balaban J connectivity index is 2.24. The molecule has 0 unspecified atom stereocenters. The maximum absolute atomic E-state index is 13.1. The molecule has 0 saturated heterocycles. The normalized spacial score (nSPS) is 10.5. The van der Waals surface area contributed by atoms with E-state index in [0.29, 0.717) is 11.6 Å². The highest BCUT2D eigenvalue weighted by Gasteiger charge is 2.03. The first-order valence-electron chi connectivity index (χ1n) is 4.28. The number of aromatic nitrogens is 1. The molecule has 0 aliphatic rings. The summed E-state index contributed by atoms with van der Waals surface area (Å²) in [7, 11) is 0. The molecular weight excluding hydrogens is 279 g/mol. The number of nitrogen functional groups attached to an aromatic ring is 1. The highest BCUT2D eigenvalue weighted by Crippen LogP contribution is 2.21. The monoisotopic (exact) mass is 286 g/mol. The summed E-state index contributed by atoms with van der Waals surface area (Å²) in [4.78, 5) is 4.98. The molecule has 0 radical (unpaired) electrons. The highest BCUT2D eigenvalue weighted by atomic mass is 79.9. The SMILES string of the molecule is Nc1ncc(Cc2cc(F)cc(Br)c2)s1. The van der Waals surface area contributed by atoms with E-state index in [-0.39, 0.29) is 5.82 Å². The maximum Gasteiger partial charge on any atom is 0.180 e. The van der Waals surface area contributed by atoms with Gasteiger partial charge in [-0.15, -0.1) is 11.3 Å². The van der Waals surface area contributed by atoms with E-state index in [9.17, 15) is 4.39 Å². The summed E-state index contributed by atoms with van der Waals surface area (Å²) in [6.07, 6.45) is 2.38. The number of halogens is 2. The van der Waals surface area contributed by atoms with Crippen LogP contribution in [0.2, 0.25) is 0 Å². The molecule has 0 bridgehead atoms. The summed E-state index contributed by atoms with van der Waals surface area (Å²) in [5.41, 5.74) is 6.42. The summed E-state index contributed by atoms with van der Waals surface area (Å²) in [6.45, 7) is 0. The van der Waals surface area contributed by atoms with E-state index >= 15 is 0 Å². The Kier molecular flexibility index (Phi) is 3.02. The van der Waals surface area contributed by atoms with Crippen molar-refractivity contribution >= 4 is 32.4 Å². The van der Waals surface area contributed by atoms with Crippen molar-refractivity contribution in [2.24, 2.45) is 0 Å². The van der Waals surface area contributed by atoms with Gasteiger partial charge in [-0.1, -0.05) is 15.9 Å². The Labute approximate surface area is 99.1 Å². The fourth-order valence-electron chi connectivity index (χ4n) is 1.32. The van der Waals surface area contributed by atoms with Crippen LogP contribution in [0.4, 0.5) is 9.52 Å². The van der Waals surface area contributed by atoms with Gasteiger partial charge >= 0.3 is 0 Å². The van der Waals surface area contributed by atoms with Crippen molar-refractivity contribution in [3.05, 3.63) is 45.1 Å². The molecule has 1 heterocycles. The molecule has 0 saturated carbocycles. The smallest absolute Gasteiger partial charge is 0.180 e. The summed E-state index contributed by atoms with van der Waals surface area (Å²) in [6, 6.07) is 4.84. The van der Waals surface area contributed by atoms with Gasteiger partial charge in [0.05, 0.1) is 0 Å². The van der Waals surface area contributed by atoms with Gasteiger partial charge in [-0.2, -0.15) is 0 Å². The van der Waals surface area contributed by atoms with Gasteiger partial charge in [0, 0.05) is 22.0 Å². The second-order valence-electron chi connectivity index (χ2n) is 3.12. The Bertz CT molecular complexity index is 464. The molecule has 78 valence electrons. The minimum atomic E-state index is -0.239. The number of hydrogen-bond donors (Lipinski definition) is 1. The van der Waals surface area contributed by atoms with Crippen LogP contribution in [0.25, 0.3) is 0 Å². The molecule has 2 nitrogen and oxygen atoms in total. The molecule has 0 aliphatic carbocycles. The van der Waals surface area contributed by atoms with Crippen molar-refractivity contribution in [1.29, 1.82) is 0 Å². The predicted molar refractivity (Wildman–Crippen MR) is 63.4 cm³/mol. The number of anilines is 1. The number of benzene rings is 1.